The molecule has 132 valence electrons. The molecule has 0 saturated heterocycles. The highest BCUT2D eigenvalue weighted by Gasteiger charge is 2.16. The number of hydrogen-bond acceptors (Lipinski definition) is 2. The van der Waals surface area contributed by atoms with Crippen LogP contribution in [0.3, 0.4) is 0 Å². The highest BCUT2D eigenvalue weighted by atomic mass is 35.5. The van der Waals surface area contributed by atoms with Gasteiger partial charge in [0.05, 0.1) is 11.0 Å². The quantitative estimate of drug-likeness (QED) is 0.439. The number of aromatic nitrogens is 2. The number of alkyl halides is 1. The Labute approximate surface area is 158 Å². The van der Waals surface area contributed by atoms with E-state index in [-0.39, 0.29) is 0 Å². The molecule has 0 aliphatic carbocycles. The average Bonchev–Trinajstić information content (AvgIpc) is 2.99. The second-order valence-corrected chi connectivity index (χ2v) is 6.92. The Morgan fingerprint density at radius 3 is 2.65 bits per heavy atom. The monoisotopic (exact) mass is 364 g/mol. The van der Waals surface area contributed by atoms with Crippen LogP contribution >= 0.6 is 11.6 Å². The average molecular weight is 365 g/mol. The summed E-state index contributed by atoms with van der Waals surface area (Å²) in [4.78, 5) is 4.53. The minimum Gasteiger partial charge on any atom is -0.489 e. The van der Waals surface area contributed by atoms with Gasteiger partial charge in [-0.15, -0.1) is 11.6 Å². The summed E-state index contributed by atoms with van der Waals surface area (Å²) >= 11 is 6.11. The van der Waals surface area contributed by atoms with Gasteiger partial charge in [0.15, 0.2) is 0 Å². The van der Waals surface area contributed by atoms with Crippen molar-refractivity contribution in [1.29, 1.82) is 0 Å². The number of hydrogen-bond donors (Lipinski definition) is 0. The molecule has 0 aliphatic heterocycles. The molecule has 0 unspecified atom stereocenters. The maximum atomic E-state index is 6.11. The third kappa shape index (κ3) is 2.93. The van der Waals surface area contributed by atoms with Crippen LogP contribution in [0.15, 0.2) is 54.7 Å². The summed E-state index contributed by atoms with van der Waals surface area (Å²) in [6, 6.07) is 16.5. The topological polar surface area (TPSA) is 26.5 Å². The largest absolute Gasteiger partial charge is 0.489 e. The highest BCUT2D eigenvalue weighted by Crippen LogP contribution is 2.33. The first-order chi connectivity index (χ1) is 12.7. The van der Waals surface area contributed by atoms with Crippen molar-refractivity contribution in [3.8, 4) is 5.75 Å². The van der Waals surface area contributed by atoms with Gasteiger partial charge in [0.2, 0.25) is 0 Å². The van der Waals surface area contributed by atoms with E-state index in [2.05, 4.69) is 40.6 Å². The van der Waals surface area contributed by atoms with Crippen molar-refractivity contribution in [2.75, 3.05) is 5.88 Å². The molecule has 4 heteroatoms. The Bertz CT molecular complexity index is 1070. The molecule has 0 atom stereocenters. The van der Waals surface area contributed by atoms with Gasteiger partial charge in [-0.1, -0.05) is 30.3 Å². The molecule has 0 amide bonds. The van der Waals surface area contributed by atoms with E-state index in [1.54, 1.807) is 0 Å². The molecule has 3 nitrogen and oxygen atoms in total. The van der Waals surface area contributed by atoms with E-state index in [0.717, 1.165) is 29.1 Å². The van der Waals surface area contributed by atoms with Crippen molar-refractivity contribution in [3.63, 3.8) is 0 Å². The summed E-state index contributed by atoms with van der Waals surface area (Å²) in [6.07, 6.45) is 2.76. The summed E-state index contributed by atoms with van der Waals surface area (Å²) in [5.41, 5.74) is 5.96. The SMILES string of the molecule is Cc1cnc(C)n2c1c(CCCl)c1cc(OCc3ccccc3)ccc12. The van der Waals surface area contributed by atoms with Crippen LogP contribution in [0.4, 0.5) is 0 Å². The zero-order valence-electron chi connectivity index (χ0n) is 15.0. The van der Waals surface area contributed by atoms with Crippen molar-refractivity contribution in [2.24, 2.45) is 0 Å². The smallest absolute Gasteiger partial charge is 0.120 e. The van der Waals surface area contributed by atoms with Crippen LogP contribution in [0.5, 0.6) is 5.75 Å². The molecule has 2 aromatic carbocycles. The van der Waals surface area contributed by atoms with Gasteiger partial charge in [0.25, 0.3) is 0 Å². The lowest BCUT2D eigenvalue weighted by molar-refractivity contribution is 0.306. The Balaban J connectivity index is 1.82. The molecule has 2 heterocycles. The van der Waals surface area contributed by atoms with E-state index in [0.29, 0.717) is 12.5 Å². The first-order valence-electron chi connectivity index (χ1n) is 8.81. The zero-order chi connectivity index (χ0) is 18.1. The standard InChI is InChI=1S/C22H21ClN2O/c1-15-13-24-16(2)25-21-9-8-18(26-14-17-6-4-3-5-7-17)12-20(21)19(10-11-23)22(15)25/h3-9,12-13H,10-11,14H2,1-2H3. The predicted molar refractivity (Wildman–Crippen MR) is 107 cm³/mol. The summed E-state index contributed by atoms with van der Waals surface area (Å²) < 4.78 is 8.26. The van der Waals surface area contributed by atoms with E-state index >= 15 is 0 Å². The normalized spacial score (nSPS) is 11.3. The van der Waals surface area contributed by atoms with Crippen molar-refractivity contribution in [3.05, 3.63) is 77.2 Å². The number of benzene rings is 2. The summed E-state index contributed by atoms with van der Waals surface area (Å²) in [7, 11) is 0. The maximum Gasteiger partial charge on any atom is 0.120 e. The van der Waals surface area contributed by atoms with E-state index in [9.17, 15) is 0 Å². The minimum atomic E-state index is 0.560. The molecule has 0 spiro atoms. The Hall–Kier alpha value is -2.52. The summed E-state index contributed by atoms with van der Waals surface area (Å²) in [5.74, 6) is 2.44. The zero-order valence-corrected chi connectivity index (χ0v) is 15.8. The third-order valence-corrected chi connectivity index (χ3v) is 4.97. The Morgan fingerprint density at radius 1 is 1.08 bits per heavy atom. The first kappa shape index (κ1) is 16.9. The number of halogens is 1. The van der Waals surface area contributed by atoms with Crippen LogP contribution in [0.1, 0.15) is 22.5 Å². The third-order valence-electron chi connectivity index (χ3n) is 4.78. The number of fused-ring (bicyclic) bond motifs is 3. The minimum absolute atomic E-state index is 0.560. The van der Waals surface area contributed by atoms with Crippen molar-refractivity contribution in [1.82, 2.24) is 9.38 Å². The second-order valence-electron chi connectivity index (χ2n) is 6.54. The lowest BCUT2D eigenvalue weighted by Gasteiger charge is -2.07. The summed E-state index contributed by atoms with van der Waals surface area (Å²) in [5, 5.41) is 1.19. The van der Waals surface area contributed by atoms with Crippen molar-refractivity contribution >= 4 is 28.0 Å². The second kappa shape index (κ2) is 7.00. The van der Waals surface area contributed by atoms with Crippen molar-refractivity contribution in [2.45, 2.75) is 26.9 Å². The van der Waals surface area contributed by atoms with E-state index in [1.165, 1.54) is 22.0 Å². The van der Waals surface area contributed by atoms with E-state index in [1.807, 2.05) is 37.4 Å². The maximum absolute atomic E-state index is 6.11. The number of aryl methyl sites for hydroxylation is 3. The van der Waals surface area contributed by atoms with Gasteiger partial charge in [0.1, 0.15) is 18.2 Å². The molecule has 26 heavy (non-hydrogen) atoms. The van der Waals surface area contributed by atoms with Gasteiger partial charge in [0, 0.05) is 17.5 Å². The highest BCUT2D eigenvalue weighted by molar-refractivity contribution is 6.18. The van der Waals surface area contributed by atoms with Crippen LogP contribution in [-0.2, 0) is 13.0 Å². The van der Waals surface area contributed by atoms with Gasteiger partial charge in [-0.3, -0.25) is 4.40 Å². The fourth-order valence-corrected chi connectivity index (χ4v) is 3.76. The molecular formula is C22H21ClN2O. The fourth-order valence-electron chi connectivity index (χ4n) is 3.57. The number of ether oxygens (including phenoxy) is 1. The van der Waals surface area contributed by atoms with Gasteiger partial charge in [-0.05, 0) is 55.2 Å². The summed E-state index contributed by atoms with van der Waals surface area (Å²) in [6.45, 7) is 4.70. The van der Waals surface area contributed by atoms with Gasteiger partial charge >= 0.3 is 0 Å². The van der Waals surface area contributed by atoms with Crippen LogP contribution < -0.4 is 4.74 Å². The van der Waals surface area contributed by atoms with Gasteiger partial charge < -0.3 is 4.74 Å². The molecule has 0 fully saturated rings. The van der Waals surface area contributed by atoms with Crippen LogP contribution in [0.25, 0.3) is 16.4 Å². The van der Waals surface area contributed by atoms with E-state index < -0.39 is 0 Å². The fraction of sp³-hybridized carbons (Fsp3) is 0.227. The lowest BCUT2D eigenvalue weighted by atomic mass is 10.1. The first-order valence-corrected chi connectivity index (χ1v) is 9.34. The van der Waals surface area contributed by atoms with Crippen molar-refractivity contribution < 1.29 is 4.74 Å². The Kier molecular flexibility index (Phi) is 4.56. The molecule has 4 aromatic rings. The molecule has 0 radical (unpaired) electrons. The lowest BCUT2D eigenvalue weighted by Crippen LogP contribution is -1.98. The van der Waals surface area contributed by atoms with Crippen LogP contribution in [0.2, 0.25) is 0 Å². The number of rotatable bonds is 5. The molecule has 0 bridgehead atoms. The van der Waals surface area contributed by atoms with E-state index in [4.69, 9.17) is 16.3 Å². The molecule has 2 aromatic heterocycles. The van der Waals surface area contributed by atoms with Gasteiger partial charge in [-0.25, -0.2) is 4.98 Å². The number of nitrogens with zero attached hydrogens (tertiary/aromatic N) is 2. The molecule has 0 N–H and O–H groups in total. The van der Waals surface area contributed by atoms with Crippen LogP contribution in [-0.4, -0.2) is 15.3 Å². The predicted octanol–water partition coefficient (Wildman–Crippen LogP) is 5.46. The molecule has 4 rings (SSSR count). The Morgan fingerprint density at radius 2 is 1.88 bits per heavy atom. The molecular weight excluding hydrogens is 344 g/mol. The molecule has 0 aliphatic rings. The van der Waals surface area contributed by atoms with Gasteiger partial charge in [-0.2, -0.15) is 0 Å². The molecule has 0 saturated carbocycles. The van der Waals surface area contributed by atoms with Crippen LogP contribution in [0, 0.1) is 13.8 Å².